The number of β-amino-alcohol motifs (C(OH)–C–C–N with tert-alkyl or cyclic N) is 1. The van der Waals surface area contributed by atoms with E-state index in [1.807, 2.05) is 80.6 Å². The van der Waals surface area contributed by atoms with Crippen LogP contribution in [0.2, 0.25) is 0 Å². The first-order valence-electron chi connectivity index (χ1n) is 14.3. The molecule has 4 aromatic rings. The molecule has 0 aliphatic carbocycles. The van der Waals surface area contributed by atoms with Crippen LogP contribution in [0.3, 0.4) is 0 Å². The molecule has 0 unspecified atom stereocenters. The minimum absolute atomic E-state index is 0. The molecule has 5 rings (SSSR count). The molecule has 0 saturated carbocycles. The van der Waals surface area contributed by atoms with Gasteiger partial charge in [-0.15, -0.1) is 22.6 Å². The molecule has 44 heavy (non-hydrogen) atoms. The number of anilines is 1. The van der Waals surface area contributed by atoms with Crippen molar-refractivity contribution < 1.29 is 14.7 Å². The first kappa shape index (κ1) is 33.3. The second-order valence-corrected chi connectivity index (χ2v) is 12.4. The van der Waals surface area contributed by atoms with Crippen LogP contribution >= 0.6 is 28.3 Å². The van der Waals surface area contributed by atoms with Crippen molar-refractivity contribution in [3.63, 3.8) is 0 Å². The number of halogens is 2. The number of H-pyrrole nitrogens is 1. The molecular formula is C32H37BrClN7O3. The van der Waals surface area contributed by atoms with E-state index in [-0.39, 0.29) is 30.6 Å². The molecule has 0 radical (unpaired) electrons. The number of carbonyl (C=O) groups is 2. The lowest BCUT2D eigenvalue weighted by Crippen LogP contribution is -2.51. The summed E-state index contributed by atoms with van der Waals surface area (Å²) in [5.41, 5.74) is 5.09. The van der Waals surface area contributed by atoms with Crippen molar-refractivity contribution in [1.82, 2.24) is 31.3 Å². The Morgan fingerprint density at radius 2 is 1.86 bits per heavy atom. The maximum absolute atomic E-state index is 14.0. The van der Waals surface area contributed by atoms with E-state index in [4.69, 9.17) is 0 Å². The molecule has 2 amide bonds. The highest BCUT2D eigenvalue weighted by atomic mass is 79.9. The molecule has 0 fully saturated rings. The molecule has 232 valence electrons. The molecule has 0 saturated heterocycles. The summed E-state index contributed by atoms with van der Waals surface area (Å²) in [7, 11) is 0. The molecule has 1 aromatic heterocycles. The number of nitrogens with one attached hydrogen (secondary N) is 3. The highest BCUT2D eigenvalue weighted by Crippen LogP contribution is 2.34. The zero-order chi connectivity index (χ0) is 30.6. The number of carbonyl (C=O) groups excluding carboxylic acids is 2. The number of fused-ring (bicyclic) bond motifs is 1. The zero-order valence-corrected chi connectivity index (χ0v) is 27.3. The van der Waals surface area contributed by atoms with E-state index in [0.717, 1.165) is 38.0 Å². The number of tetrazole rings is 1. The number of hydrogen-bond donors (Lipinski definition) is 4. The third-order valence-corrected chi connectivity index (χ3v) is 8.31. The van der Waals surface area contributed by atoms with Crippen LogP contribution in [0.4, 0.5) is 5.69 Å². The van der Waals surface area contributed by atoms with Gasteiger partial charge in [0.15, 0.2) is 0 Å². The van der Waals surface area contributed by atoms with Gasteiger partial charge in [-0.2, -0.15) is 5.21 Å². The normalized spacial score (nSPS) is 15.6. The summed E-state index contributed by atoms with van der Waals surface area (Å²) in [5, 5.41) is 30.4. The summed E-state index contributed by atoms with van der Waals surface area (Å²) in [6.45, 7) is 6.22. The van der Waals surface area contributed by atoms with E-state index in [1.165, 1.54) is 0 Å². The number of aromatic amines is 1. The molecule has 1 aliphatic rings. The molecule has 10 nitrogen and oxygen atoms in total. The Balaban J connectivity index is 0.00000442. The van der Waals surface area contributed by atoms with Gasteiger partial charge < -0.3 is 20.6 Å². The van der Waals surface area contributed by atoms with Gasteiger partial charge in [-0.05, 0) is 73.2 Å². The third kappa shape index (κ3) is 7.89. The fraction of sp³-hybridized carbons (Fsp3) is 0.344. The van der Waals surface area contributed by atoms with E-state index in [1.54, 1.807) is 11.8 Å². The van der Waals surface area contributed by atoms with Crippen molar-refractivity contribution >= 4 is 45.8 Å². The van der Waals surface area contributed by atoms with Crippen LogP contribution in [-0.4, -0.2) is 61.8 Å². The van der Waals surface area contributed by atoms with Crippen molar-refractivity contribution in [2.75, 3.05) is 11.4 Å². The predicted molar refractivity (Wildman–Crippen MR) is 176 cm³/mol. The second-order valence-electron chi connectivity index (χ2n) is 11.6. The SMILES string of the molecule is C[C@@H](O)CNC(C)(C)CC(=O)N[C@@H]1CCc2ccccc2N(Cc2ccc(-c3ccccc3-c3nn[nH]n3)cc2Br)C1=O.Cl. The summed E-state index contributed by atoms with van der Waals surface area (Å²) in [4.78, 5) is 28.9. The summed E-state index contributed by atoms with van der Waals surface area (Å²) in [5.74, 6) is 0.155. The van der Waals surface area contributed by atoms with Gasteiger partial charge in [0, 0.05) is 34.2 Å². The first-order chi connectivity index (χ1) is 20.6. The minimum atomic E-state index is -0.660. The Morgan fingerprint density at radius 3 is 2.57 bits per heavy atom. The largest absolute Gasteiger partial charge is 0.392 e. The number of aliphatic hydroxyl groups excluding tert-OH is 1. The fourth-order valence-corrected chi connectivity index (χ4v) is 5.87. The molecule has 12 heteroatoms. The number of aliphatic hydroxyl groups is 1. The van der Waals surface area contributed by atoms with Crippen molar-refractivity contribution in [1.29, 1.82) is 0 Å². The van der Waals surface area contributed by atoms with Crippen LogP contribution in [0.1, 0.15) is 44.7 Å². The Hall–Kier alpha value is -3.64. The summed E-state index contributed by atoms with van der Waals surface area (Å²) in [6.07, 6.45) is 0.827. The van der Waals surface area contributed by atoms with Crippen LogP contribution < -0.4 is 15.5 Å². The van der Waals surface area contributed by atoms with Gasteiger partial charge in [-0.1, -0.05) is 70.5 Å². The predicted octanol–water partition coefficient (Wildman–Crippen LogP) is 4.82. The van der Waals surface area contributed by atoms with Crippen molar-refractivity contribution in [2.45, 2.75) is 64.3 Å². The lowest BCUT2D eigenvalue weighted by Gasteiger charge is -2.29. The average Bonchev–Trinajstić information content (AvgIpc) is 3.49. The van der Waals surface area contributed by atoms with Crippen LogP contribution in [0.5, 0.6) is 0 Å². The van der Waals surface area contributed by atoms with E-state index in [2.05, 4.69) is 47.2 Å². The van der Waals surface area contributed by atoms with Gasteiger partial charge in [0.1, 0.15) is 6.04 Å². The molecule has 4 N–H and O–H groups in total. The number of benzene rings is 3. The number of para-hydroxylation sites is 1. The van der Waals surface area contributed by atoms with Gasteiger partial charge in [-0.3, -0.25) is 9.59 Å². The molecule has 3 aromatic carbocycles. The first-order valence-corrected chi connectivity index (χ1v) is 15.1. The number of aryl methyl sites for hydroxylation is 1. The molecule has 2 heterocycles. The Bertz CT molecular complexity index is 1600. The minimum Gasteiger partial charge on any atom is -0.392 e. The van der Waals surface area contributed by atoms with Gasteiger partial charge >= 0.3 is 0 Å². The number of nitrogens with zero attached hydrogens (tertiary/aromatic N) is 4. The Morgan fingerprint density at radius 1 is 1.14 bits per heavy atom. The monoisotopic (exact) mass is 681 g/mol. The van der Waals surface area contributed by atoms with Crippen LogP contribution in [0.15, 0.2) is 71.2 Å². The highest BCUT2D eigenvalue weighted by molar-refractivity contribution is 9.10. The maximum Gasteiger partial charge on any atom is 0.249 e. The second kappa shape index (κ2) is 14.4. The lowest BCUT2D eigenvalue weighted by molar-refractivity contribution is -0.128. The van der Waals surface area contributed by atoms with E-state index in [9.17, 15) is 14.7 Å². The van der Waals surface area contributed by atoms with Crippen molar-refractivity contribution in [3.05, 3.63) is 82.3 Å². The van der Waals surface area contributed by atoms with Crippen molar-refractivity contribution in [2.24, 2.45) is 0 Å². The third-order valence-electron chi connectivity index (χ3n) is 7.57. The van der Waals surface area contributed by atoms with E-state index in [0.29, 0.717) is 31.8 Å². The summed E-state index contributed by atoms with van der Waals surface area (Å²) >= 11 is 3.76. The number of rotatable bonds is 10. The number of amides is 2. The van der Waals surface area contributed by atoms with Gasteiger partial charge in [0.25, 0.3) is 0 Å². The van der Waals surface area contributed by atoms with Gasteiger partial charge in [0.2, 0.25) is 17.6 Å². The standard InChI is InChI=1S/C32H36BrN7O3.ClH/c1-20(41)18-34-32(2,3)17-29(42)35-27-15-14-21-8-4-7-11-28(21)40(31(27)43)19-23-13-12-22(16-26(23)33)24-9-5-6-10-25(24)30-36-38-39-37-30;/h4-13,16,20,27,34,41H,14-15,17-19H2,1-3H3,(H,35,42)(H,36,37,38,39);1H/t20-,27-;/m1./s1. The molecular weight excluding hydrogens is 646 g/mol. The lowest BCUT2D eigenvalue weighted by atomic mass is 9.98. The van der Waals surface area contributed by atoms with E-state index >= 15 is 0 Å². The fourth-order valence-electron chi connectivity index (χ4n) is 5.37. The molecule has 0 spiro atoms. The number of hydrogen-bond acceptors (Lipinski definition) is 7. The quantitative estimate of drug-likeness (QED) is 0.188. The topological polar surface area (TPSA) is 136 Å². The van der Waals surface area contributed by atoms with Gasteiger partial charge in [0.05, 0.1) is 12.6 Å². The molecule has 1 aliphatic heterocycles. The smallest absolute Gasteiger partial charge is 0.249 e. The Kier molecular flexibility index (Phi) is 10.9. The number of aromatic nitrogens is 4. The van der Waals surface area contributed by atoms with Crippen molar-refractivity contribution in [3.8, 4) is 22.5 Å². The van der Waals surface area contributed by atoms with Crippen LogP contribution in [0, 0.1) is 0 Å². The van der Waals surface area contributed by atoms with Crippen LogP contribution in [0.25, 0.3) is 22.5 Å². The maximum atomic E-state index is 14.0. The van der Waals surface area contributed by atoms with Crippen LogP contribution in [-0.2, 0) is 22.6 Å². The molecule has 2 atom stereocenters. The Labute approximate surface area is 271 Å². The average molecular weight is 683 g/mol. The highest BCUT2D eigenvalue weighted by Gasteiger charge is 2.33. The summed E-state index contributed by atoms with van der Waals surface area (Å²) in [6, 6.07) is 21.2. The summed E-state index contributed by atoms with van der Waals surface area (Å²) < 4.78 is 0.856. The van der Waals surface area contributed by atoms with E-state index < -0.39 is 17.7 Å². The molecule has 0 bridgehead atoms. The zero-order valence-electron chi connectivity index (χ0n) is 24.9. The van der Waals surface area contributed by atoms with Gasteiger partial charge in [-0.25, -0.2) is 0 Å².